The van der Waals surface area contributed by atoms with Gasteiger partial charge in [-0.3, -0.25) is 14.4 Å². The molecule has 3 aromatic rings. The van der Waals surface area contributed by atoms with E-state index in [0.717, 1.165) is 18.2 Å². The molecule has 1 N–H and O–H groups in total. The molecule has 4 nitrogen and oxygen atoms in total. The van der Waals surface area contributed by atoms with Crippen molar-refractivity contribution in [2.24, 2.45) is 5.92 Å². The molecule has 1 fully saturated rings. The van der Waals surface area contributed by atoms with Gasteiger partial charge in [0, 0.05) is 35.6 Å². The third-order valence-corrected chi connectivity index (χ3v) is 8.07. The summed E-state index contributed by atoms with van der Waals surface area (Å²) in [6, 6.07) is 6.62. The number of anilines is 1. The molecule has 0 saturated heterocycles. The van der Waals surface area contributed by atoms with Crippen molar-refractivity contribution in [1.82, 2.24) is 0 Å². The van der Waals surface area contributed by atoms with Gasteiger partial charge in [0.15, 0.2) is 5.78 Å². The average molecular weight is 691 g/mol. The first kappa shape index (κ1) is 33.6. The number of halogens is 12. The molecule has 2 atom stereocenters. The van der Waals surface area contributed by atoms with Crippen LogP contribution in [0.1, 0.15) is 38.5 Å². The van der Waals surface area contributed by atoms with E-state index in [1.165, 1.54) is 6.07 Å². The highest BCUT2D eigenvalue weighted by Gasteiger charge is 2.67. The minimum absolute atomic E-state index is 0.113. The van der Waals surface area contributed by atoms with E-state index in [9.17, 15) is 53.9 Å². The molecule has 0 spiro atoms. The predicted octanol–water partition coefficient (Wildman–Crippen LogP) is 8.40. The van der Waals surface area contributed by atoms with Crippen LogP contribution < -0.4 is 5.32 Å². The van der Waals surface area contributed by atoms with Gasteiger partial charge in [0.05, 0.1) is 16.5 Å². The number of alkyl halides is 8. The van der Waals surface area contributed by atoms with Crippen molar-refractivity contribution in [3.05, 3.63) is 98.8 Å². The number of nitrogens with one attached hydrogen (secondary N) is 1. The predicted molar refractivity (Wildman–Crippen MR) is 141 cm³/mol. The summed E-state index contributed by atoms with van der Waals surface area (Å²) in [7, 11) is 0. The molecule has 0 unspecified atom stereocenters. The first-order valence-electron chi connectivity index (χ1n) is 12.2. The number of carbonyl (C=O) groups is 3. The summed E-state index contributed by atoms with van der Waals surface area (Å²) >= 11 is 18.4. The number of Topliss-reactive ketones (excluding diaryl/α,β-unsaturated/α-hetero) is 2. The van der Waals surface area contributed by atoms with E-state index in [2.05, 4.69) is 5.32 Å². The van der Waals surface area contributed by atoms with E-state index in [4.69, 9.17) is 34.8 Å². The van der Waals surface area contributed by atoms with E-state index in [0.29, 0.717) is 24.3 Å². The summed E-state index contributed by atoms with van der Waals surface area (Å²) in [5.74, 6) is -11.1. The molecule has 1 aliphatic carbocycles. The lowest BCUT2D eigenvalue weighted by molar-refractivity contribution is -0.170. The molecule has 0 heterocycles. The van der Waals surface area contributed by atoms with Crippen LogP contribution in [0, 0.1) is 23.4 Å². The lowest BCUT2D eigenvalue weighted by Gasteiger charge is -2.12. The van der Waals surface area contributed by atoms with Gasteiger partial charge in [-0.1, -0.05) is 23.7 Å². The Morgan fingerprint density at radius 3 is 2.09 bits per heavy atom. The summed E-state index contributed by atoms with van der Waals surface area (Å²) in [5.41, 5.74) is -3.96. The van der Waals surface area contributed by atoms with Gasteiger partial charge < -0.3 is 5.32 Å². The zero-order valence-electron chi connectivity index (χ0n) is 21.4. The maximum atomic E-state index is 14.9. The van der Waals surface area contributed by atoms with Crippen LogP contribution in [0.4, 0.5) is 45.2 Å². The van der Waals surface area contributed by atoms with Crippen LogP contribution in [-0.4, -0.2) is 28.0 Å². The minimum atomic E-state index is -5.27. The number of benzene rings is 3. The van der Waals surface area contributed by atoms with Crippen LogP contribution >= 0.6 is 34.8 Å². The number of hydrogen-bond acceptors (Lipinski definition) is 3. The van der Waals surface area contributed by atoms with Gasteiger partial charge in [0.25, 0.3) is 0 Å². The third kappa shape index (κ3) is 6.84. The van der Waals surface area contributed by atoms with Gasteiger partial charge in [0.1, 0.15) is 21.8 Å². The van der Waals surface area contributed by atoms with Gasteiger partial charge in [0.2, 0.25) is 11.7 Å². The largest absolute Gasteiger partial charge is 0.450 e. The summed E-state index contributed by atoms with van der Waals surface area (Å²) in [5, 5.41) is 2.12. The zero-order valence-corrected chi connectivity index (χ0v) is 23.7. The van der Waals surface area contributed by atoms with Gasteiger partial charge in [-0.15, -0.1) is 23.2 Å². The van der Waals surface area contributed by atoms with Crippen LogP contribution in [0.2, 0.25) is 5.02 Å². The zero-order chi connectivity index (χ0) is 32.9. The second-order valence-electron chi connectivity index (χ2n) is 9.75. The normalized spacial score (nSPS) is 17.7. The minimum Gasteiger partial charge on any atom is -0.326 e. The molecule has 0 aliphatic heterocycles. The van der Waals surface area contributed by atoms with E-state index in [1.807, 2.05) is 0 Å². The fraction of sp³-hybridized carbons (Fsp3) is 0.250. The fourth-order valence-electron chi connectivity index (χ4n) is 4.53. The van der Waals surface area contributed by atoms with Crippen molar-refractivity contribution in [3.63, 3.8) is 0 Å². The van der Waals surface area contributed by atoms with Crippen molar-refractivity contribution in [2.45, 2.75) is 35.4 Å². The summed E-state index contributed by atoms with van der Waals surface area (Å²) in [4.78, 5) is 37.2. The Bertz CT molecular complexity index is 1670. The Labute approximate surface area is 257 Å². The Hall–Kier alpha value is -3.29. The quantitative estimate of drug-likeness (QED) is 0.147. The van der Waals surface area contributed by atoms with Crippen LogP contribution in [0.25, 0.3) is 0 Å². The first-order chi connectivity index (χ1) is 20.2. The lowest BCUT2D eigenvalue weighted by atomic mass is 9.97. The highest BCUT2D eigenvalue weighted by atomic mass is 35.5. The number of carbonyl (C=O) groups excluding carboxylic acids is 3. The number of ketones is 2. The number of hydrogen-bond donors (Lipinski definition) is 1. The summed E-state index contributed by atoms with van der Waals surface area (Å²) in [6.07, 6.45) is -12.8. The van der Waals surface area contributed by atoms with Gasteiger partial charge in [-0.2, -0.15) is 26.3 Å². The number of amides is 1. The highest BCUT2D eigenvalue weighted by molar-refractivity contribution is 6.53. The van der Waals surface area contributed by atoms with Crippen molar-refractivity contribution >= 4 is 58.0 Å². The first-order valence-corrected chi connectivity index (χ1v) is 13.3. The Balaban J connectivity index is 1.54. The van der Waals surface area contributed by atoms with Gasteiger partial charge in [-0.25, -0.2) is 13.2 Å². The lowest BCUT2D eigenvalue weighted by Crippen LogP contribution is -2.25. The maximum Gasteiger partial charge on any atom is 0.450 e. The monoisotopic (exact) mass is 689 g/mol. The van der Waals surface area contributed by atoms with Crippen LogP contribution in [0.5, 0.6) is 0 Å². The molecule has 44 heavy (non-hydrogen) atoms. The molecule has 4 rings (SSSR count). The molecule has 0 aromatic heterocycles. The molecule has 1 aliphatic rings. The van der Waals surface area contributed by atoms with Crippen molar-refractivity contribution < 1.29 is 53.9 Å². The van der Waals surface area contributed by atoms with E-state index < -0.39 is 93.0 Å². The summed E-state index contributed by atoms with van der Waals surface area (Å²) < 4.78 is 118. The molecular formula is C28H15Cl3F9NO3. The second-order valence-corrected chi connectivity index (χ2v) is 11.6. The number of rotatable bonds is 8. The Morgan fingerprint density at radius 2 is 1.48 bits per heavy atom. The molecule has 1 saturated carbocycles. The van der Waals surface area contributed by atoms with Crippen LogP contribution in [0.15, 0.2) is 48.5 Å². The van der Waals surface area contributed by atoms with E-state index in [-0.39, 0.29) is 21.8 Å². The van der Waals surface area contributed by atoms with E-state index in [1.54, 1.807) is 0 Å². The molecule has 234 valence electrons. The van der Waals surface area contributed by atoms with Gasteiger partial charge in [-0.05, 0) is 47.5 Å². The average Bonchev–Trinajstić information content (AvgIpc) is 3.49. The third-order valence-electron chi connectivity index (χ3n) is 6.80. The SMILES string of the molecule is O=C(Cc1c(F)ccc(CC(=O)C(F)(F)F)c1F)c1cc(NC(=O)[C@H]2[C@H](c3ccc(F)c(C(F)(F)F)c3)C2(Cl)Cl)ccc1Cl. The standard InChI is InChI=1S/C28H15Cl3F9NO3/c29-17-4-3-13(41-25(44)23-22(26(23,30)31)11-1-6-19(33)16(7-11)27(35,36)37)9-14(17)20(42)10-15-18(32)5-2-12(24(15)34)8-21(43)28(38,39)40/h1-7,9,22-23H,8,10H2,(H,41,44)/t22-,23+/m0/s1. The van der Waals surface area contributed by atoms with Crippen molar-refractivity contribution in [2.75, 3.05) is 5.32 Å². The second kappa shape index (κ2) is 11.9. The molecular weight excluding hydrogens is 676 g/mol. The highest BCUT2D eigenvalue weighted by Crippen LogP contribution is 2.65. The molecule has 0 radical (unpaired) electrons. The topological polar surface area (TPSA) is 63.2 Å². The van der Waals surface area contributed by atoms with Crippen LogP contribution in [-0.2, 0) is 28.6 Å². The van der Waals surface area contributed by atoms with Gasteiger partial charge >= 0.3 is 12.4 Å². The Morgan fingerprint density at radius 1 is 0.841 bits per heavy atom. The van der Waals surface area contributed by atoms with Crippen molar-refractivity contribution in [1.29, 1.82) is 0 Å². The molecule has 1 amide bonds. The fourth-order valence-corrected chi connectivity index (χ4v) is 5.58. The molecule has 16 heteroatoms. The maximum absolute atomic E-state index is 14.9. The summed E-state index contributed by atoms with van der Waals surface area (Å²) in [6.45, 7) is 0. The Kier molecular flexibility index (Phi) is 9.09. The smallest absolute Gasteiger partial charge is 0.326 e. The van der Waals surface area contributed by atoms with Crippen LogP contribution in [0.3, 0.4) is 0 Å². The van der Waals surface area contributed by atoms with Crippen molar-refractivity contribution in [3.8, 4) is 0 Å². The molecule has 3 aromatic carbocycles. The van der Waals surface area contributed by atoms with E-state index >= 15 is 0 Å². The molecule has 0 bridgehead atoms.